The highest BCUT2D eigenvalue weighted by Gasteiger charge is 2.49. The van der Waals surface area contributed by atoms with Gasteiger partial charge in [-0.3, -0.25) is 14.4 Å². The quantitative estimate of drug-likeness (QED) is 0.329. The summed E-state index contributed by atoms with van der Waals surface area (Å²) in [6, 6.07) is 20.9. The molecule has 0 radical (unpaired) electrons. The first kappa shape index (κ1) is 25.2. The minimum Gasteiger partial charge on any atom is -0.356 e. The van der Waals surface area contributed by atoms with E-state index < -0.39 is 18.1 Å². The van der Waals surface area contributed by atoms with Crippen LogP contribution in [0.2, 0.25) is 5.02 Å². The van der Waals surface area contributed by atoms with Gasteiger partial charge in [0.15, 0.2) is 0 Å². The molecule has 7 nitrogen and oxygen atoms in total. The maximum Gasteiger partial charge on any atom is 0.255 e. The number of nitrogens with zero attached hydrogens (tertiary/aromatic N) is 1. The van der Waals surface area contributed by atoms with Gasteiger partial charge in [0.1, 0.15) is 12.1 Å². The predicted molar refractivity (Wildman–Crippen MR) is 150 cm³/mol. The number of halogens is 1. The van der Waals surface area contributed by atoms with Gasteiger partial charge in [0.2, 0.25) is 11.8 Å². The van der Waals surface area contributed by atoms with Crippen LogP contribution >= 0.6 is 11.6 Å². The van der Waals surface area contributed by atoms with Gasteiger partial charge in [0, 0.05) is 40.1 Å². The van der Waals surface area contributed by atoms with Crippen molar-refractivity contribution in [1.29, 1.82) is 0 Å². The molecule has 2 aliphatic rings. The Balaban J connectivity index is 1.30. The molecule has 3 atom stereocenters. The fourth-order valence-electron chi connectivity index (χ4n) is 5.82. The Labute approximate surface area is 231 Å². The second-order valence-corrected chi connectivity index (χ2v) is 11.0. The molecule has 0 spiro atoms. The molecule has 3 aromatic carbocycles. The van der Waals surface area contributed by atoms with E-state index in [1.165, 1.54) is 0 Å². The van der Waals surface area contributed by atoms with Gasteiger partial charge in [-0.15, -0.1) is 0 Å². The van der Waals surface area contributed by atoms with Crippen molar-refractivity contribution in [1.82, 2.24) is 20.5 Å². The summed E-state index contributed by atoms with van der Waals surface area (Å²) in [5.41, 5.74) is 5.34. The van der Waals surface area contributed by atoms with Crippen LogP contribution in [-0.2, 0) is 22.6 Å². The Morgan fingerprint density at radius 2 is 1.74 bits per heavy atom. The van der Waals surface area contributed by atoms with Crippen molar-refractivity contribution >= 4 is 40.2 Å². The smallest absolute Gasteiger partial charge is 0.255 e. The second kappa shape index (κ2) is 9.89. The van der Waals surface area contributed by atoms with Crippen LogP contribution in [0, 0.1) is 5.92 Å². The molecule has 0 fully saturated rings. The number of carbonyl (C=O) groups excluding carboxylic acids is 3. The number of para-hydroxylation sites is 1. The number of hydrogen-bond acceptors (Lipinski definition) is 3. The minimum atomic E-state index is -0.757. The van der Waals surface area contributed by atoms with Crippen molar-refractivity contribution < 1.29 is 14.4 Å². The molecule has 3 amide bonds. The summed E-state index contributed by atoms with van der Waals surface area (Å²) in [5, 5.41) is 7.59. The van der Waals surface area contributed by atoms with Gasteiger partial charge >= 0.3 is 0 Å². The predicted octanol–water partition coefficient (Wildman–Crippen LogP) is 4.75. The van der Waals surface area contributed by atoms with Gasteiger partial charge in [0.05, 0.1) is 6.04 Å². The normalized spacial score (nSPS) is 18.5. The SMILES string of the molecule is CC(C)[C@H](NC(=O)[C@@H]1Cc2c([nH]c3ccccc23)C2c3ccccc3C(=O)N21)C(=O)NCc1ccc(Cl)cc1. The van der Waals surface area contributed by atoms with Crippen LogP contribution < -0.4 is 10.6 Å². The van der Waals surface area contributed by atoms with Gasteiger partial charge in [-0.05, 0) is 46.9 Å². The molecule has 3 N–H and O–H groups in total. The number of rotatable bonds is 6. The molecule has 6 rings (SSSR count). The van der Waals surface area contributed by atoms with E-state index >= 15 is 0 Å². The molecule has 39 heavy (non-hydrogen) atoms. The van der Waals surface area contributed by atoms with Crippen LogP contribution in [0.25, 0.3) is 10.9 Å². The Bertz CT molecular complexity index is 1590. The Hall–Kier alpha value is -4.10. The Morgan fingerprint density at radius 3 is 2.51 bits per heavy atom. The van der Waals surface area contributed by atoms with E-state index in [4.69, 9.17) is 11.6 Å². The molecule has 198 valence electrons. The Kier molecular flexibility index (Phi) is 6.39. The number of nitrogens with one attached hydrogen (secondary N) is 3. The van der Waals surface area contributed by atoms with Gasteiger partial charge < -0.3 is 20.5 Å². The maximum atomic E-state index is 13.9. The summed E-state index contributed by atoms with van der Waals surface area (Å²) < 4.78 is 0. The van der Waals surface area contributed by atoms with E-state index in [9.17, 15) is 14.4 Å². The van der Waals surface area contributed by atoms with E-state index in [-0.39, 0.29) is 23.6 Å². The average molecular weight is 541 g/mol. The standard InChI is InChI=1S/C31H29ClN4O3/c1-17(2)26(30(38)33-16-18-11-13-19(32)14-12-18)35-29(37)25-15-23-20-7-5-6-10-24(20)34-27(23)28-21-8-3-4-9-22(21)31(39)36(25)28/h3-14,17,25-26,28,34H,15-16H2,1-2H3,(H,33,38)(H,35,37)/t25-,26-,28?/m0/s1. The van der Waals surface area contributed by atoms with Gasteiger partial charge in [-0.25, -0.2) is 0 Å². The number of H-pyrrole nitrogens is 1. The summed E-state index contributed by atoms with van der Waals surface area (Å²) in [4.78, 5) is 46.0. The van der Waals surface area contributed by atoms with Crippen LogP contribution in [-0.4, -0.2) is 39.7 Å². The van der Waals surface area contributed by atoms with Crippen LogP contribution in [0.1, 0.15) is 52.6 Å². The molecule has 0 saturated carbocycles. The third-order valence-corrected chi connectivity index (χ3v) is 8.03. The van der Waals surface area contributed by atoms with Gasteiger partial charge in [-0.1, -0.05) is 74.0 Å². The molecule has 0 bridgehead atoms. The number of carbonyl (C=O) groups is 3. The molecule has 3 heterocycles. The lowest BCUT2D eigenvalue weighted by atomic mass is 9.89. The molecule has 1 aromatic heterocycles. The average Bonchev–Trinajstić information content (AvgIpc) is 3.46. The van der Waals surface area contributed by atoms with Crippen molar-refractivity contribution in [2.45, 2.75) is 44.9 Å². The van der Waals surface area contributed by atoms with Gasteiger partial charge in [0.25, 0.3) is 5.91 Å². The van der Waals surface area contributed by atoms with Crippen LogP contribution in [0.15, 0.2) is 72.8 Å². The second-order valence-electron chi connectivity index (χ2n) is 10.6. The molecule has 2 aliphatic heterocycles. The monoisotopic (exact) mass is 540 g/mol. The summed E-state index contributed by atoms with van der Waals surface area (Å²) in [5.74, 6) is -0.941. The fraction of sp³-hybridized carbons (Fsp3) is 0.258. The van der Waals surface area contributed by atoms with Crippen molar-refractivity contribution in [3.05, 3.63) is 106 Å². The topological polar surface area (TPSA) is 94.3 Å². The third-order valence-electron chi connectivity index (χ3n) is 7.78. The van der Waals surface area contributed by atoms with E-state index in [0.29, 0.717) is 23.6 Å². The highest BCUT2D eigenvalue weighted by Crippen LogP contribution is 2.46. The number of amides is 3. The number of hydrogen-bond donors (Lipinski definition) is 3. The van der Waals surface area contributed by atoms with Crippen LogP contribution in [0.3, 0.4) is 0 Å². The highest BCUT2D eigenvalue weighted by atomic mass is 35.5. The number of benzene rings is 3. The lowest BCUT2D eigenvalue weighted by molar-refractivity contribution is -0.133. The van der Waals surface area contributed by atoms with Gasteiger partial charge in [-0.2, -0.15) is 0 Å². The first-order valence-electron chi connectivity index (χ1n) is 13.2. The largest absolute Gasteiger partial charge is 0.356 e. The van der Waals surface area contributed by atoms with Crippen molar-refractivity contribution in [3.63, 3.8) is 0 Å². The highest BCUT2D eigenvalue weighted by molar-refractivity contribution is 6.30. The molecule has 1 unspecified atom stereocenters. The molecule has 0 aliphatic carbocycles. The van der Waals surface area contributed by atoms with Crippen molar-refractivity contribution in [2.75, 3.05) is 0 Å². The number of fused-ring (bicyclic) bond motifs is 7. The fourth-order valence-corrected chi connectivity index (χ4v) is 5.95. The summed E-state index contributed by atoms with van der Waals surface area (Å²) in [6.45, 7) is 4.11. The molecule has 4 aromatic rings. The molecule has 8 heteroatoms. The molecular weight excluding hydrogens is 512 g/mol. The van der Waals surface area contributed by atoms with E-state index in [2.05, 4.69) is 15.6 Å². The van der Waals surface area contributed by atoms with E-state index in [1.807, 2.05) is 74.5 Å². The van der Waals surface area contributed by atoms with Crippen molar-refractivity contribution in [2.24, 2.45) is 5.92 Å². The zero-order valence-corrected chi connectivity index (χ0v) is 22.5. The summed E-state index contributed by atoms with van der Waals surface area (Å²) in [6.07, 6.45) is 0.360. The Morgan fingerprint density at radius 1 is 1.03 bits per heavy atom. The van der Waals surface area contributed by atoms with E-state index in [1.54, 1.807) is 17.0 Å². The summed E-state index contributed by atoms with van der Waals surface area (Å²) >= 11 is 5.97. The maximum absolute atomic E-state index is 13.9. The summed E-state index contributed by atoms with van der Waals surface area (Å²) in [7, 11) is 0. The first-order chi connectivity index (χ1) is 18.8. The number of aromatic nitrogens is 1. The lowest BCUT2D eigenvalue weighted by Crippen LogP contribution is -2.57. The van der Waals surface area contributed by atoms with Crippen molar-refractivity contribution in [3.8, 4) is 0 Å². The first-order valence-corrected chi connectivity index (χ1v) is 13.5. The zero-order valence-electron chi connectivity index (χ0n) is 21.7. The molecule has 0 saturated heterocycles. The molecular formula is C31H29ClN4O3. The zero-order chi connectivity index (χ0) is 27.3. The number of aromatic amines is 1. The third kappa shape index (κ3) is 4.36. The van der Waals surface area contributed by atoms with Crippen LogP contribution in [0.5, 0.6) is 0 Å². The lowest BCUT2D eigenvalue weighted by Gasteiger charge is -2.38. The van der Waals surface area contributed by atoms with E-state index in [0.717, 1.165) is 33.3 Å². The van der Waals surface area contributed by atoms with Crippen LogP contribution in [0.4, 0.5) is 0 Å². The minimum absolute atomic E-state index is 0.159.